The molecule has 0 radical (unpaired) electrons. The zero-order valence-electron chi connectivity index (χ0n) is 11.4. The first-order valence-electron chi connectivity index (χ1n) is 6.87. The van der Waals surface area contributed by atoms with Crippen molar-refractivity contribution in [1.82, 2.24) is 5.32 Å². The second-order valence-corrected chi connectivity index (χ2v) is 5.93. The van der Waals surface area contributed by atoms with E-state index in [1.54, 1.807) is 0 Å². The van der Waals surface area contributed by atoms with E-state index in [0.29, 0.717) is 6.04 Å². The first-order chi connectivity index (χ1) is 8.67. The molecule has 2 unspecified atom stereocenters. The van der Waals surface area contributed by atoms with Gasteiger partial charge in [-0.15, -0.1) is 0 Å². The van der Waals surface area contributed by atoms with Gasteiger partial charge in [0.05, 0.1) is 6.04 Å². The summed E-state index contributed by atoms with van der Waals surface area (Å²) >= 11 is 3.59. The highest BCUT2D eigenvalue weighted by atomic mass is 79.9. The van der Waals surface area contributed by atoms with Crippen LogP contribution >= 0.6 is 15.9 Å². The SMILES string of the molecule is CCCNC1c2cc(Br)cc(C)c2OC1CCC. The monoisotopic (exact) mass is 311 g/mol. The second kappa shape index (κ2) is 6.07. The van der Waals surface area contributed by atoms with Gasteiger partial charge in [-0.25, -0.2) is 0 Å². The fourth-order valence-corrected chi connectivity index (χ4v) is 3.21. The molecule has 0 aromatic heterocycles. The van der Waals surface area contributed by atoms with E-state index >= 15 is 0 Å². The molecule has 0 amide bonds. The van der Waals surface area contributed by atoms with Crippen LogP contribution in [0.1, 0.15) is 50.3 Å². The van der Waals surface area contributed by atoms with Gasteiger partial charge in [-0.05, 0) is 44.0 Å². The average molecular weight is 312 g/mol. The Balaban J connectivity index is 2.29. The van der Waals surface area contributed by atoms with Gasteiger partial charge in [0.15, 0.2) is 0 Å². The van der Waals surface area contributed by atoms with Crippen LogP contribution < -0.4 is 10.1 Å². The summed E-state index contributed by atoms with van der Waals surface area (Å²) in [4.78, 5) is 0. The largest absolute Gasteiger partial charge is 0.488 e. The fraction of sp³-hybridized carbons (Fsp3) is 0.600. The fourth-order valence-electron chi connectivity index (χ4n) is 2.62. The van der Waals surface area contributed by atoms with Gasteiger partial charge in [0.1, 0.15) is 11.9 Å². The van der Waals surface area contributed by atoms with Crippen LogP contribution in [0.3, 0.4) is 0 Å². The molecule has 0 spiro atoms. The van der Waals surface area contributed by atoms with E-state index in [1.807, 2.05) is 0 Å². The highest BCUT2D eigenvalue weighted by molar-refractivity contribution is 9.10. The molecule has 18 heavy (non-hydrogen) atoms. The predicted octanol–water partition coefficient (Wildman–Crippen LogP) is 4.36. The van der Waals surface area contributed by atoms with Crippen molar-refractivity contribution >= 4 is 15.9 Å². The Labute approximate surface area is 118 Å². The molecule has 1 N–H and O–H groups in total. The summed E-state index contributed by atoms with van der Waals surface area (Å²) in [7, 11) is 0. The lowest BCUT2D eigenvalue weighted by atomic mass is 9.99. The maximum absolute atomic E-state index is 6.16. The summed E-state index contributed by atoms with van der Waals surface area (Å²) < 4.78 is 7.30. The van der Waals surface area contributed by atoms with Crippen molar-refractivity contribution < 1.29 is 4.74 Å². The van der Waals surface area contributed by atoms with E-state index in [4.69, 9.17) is 4.74 Å². The highest BCUT2D eigenvalue weighted by Crippen LogP contribution is 2.42. The topological polar surface area (TPSA) is 21.3 Å². The molecular formula is C15H22BrNO. The summed E-state index contributed by atoms with van der Waals surface area (Å²) in [5.74, 6) is 1.09. The summed E-state index contributed by atoms with van der Waals surface area (Å²) in [6.07, 6.45) is 3.69. The molecule has 1 heterocycles. The Morgan fingerprint density at radius 2 is 2.06 bits per heavy atom. The maximum atomic E-state index is 6.16. The van der Waals surface area contributed by atoms with Crippen LogP contribution in [0.25, 0.3) is 0 Å². The molecule has 2 nitrogen and oxygen atoms in total. The number of nitrogens with one attached hydrogen (secondary N) is 1. The molecule has 1 aromatic carbocycles. The second-order valence-electron chi connectivity index (χ2n) is 5.02. The lowest BCUT2D eigenvalue weighted by Gasteiger charge is -2.19. The summed E-state index contributed by atoms with van der Waals surface area (Å²) in [6.45, 7) is 7.57. The van der Waals surface area contributed by atoms with E-state index < -0.39 is 0 Å². The van der Waals surface area contributed by atoms with Crippen LogP contribution in [0.2, 0.25) is 0 Å². The number of hydrogen-bond acceptors (Lipinski definition) is 2. The van der Waals surface area contributed by atoms with Crippen LogP contribution in [0.5, 0.6) is 5.75 Å². The van der Waals surface area contributed by atoms with Crippen LogP contribution in [-0.4, -0.2) is 12.6 Å². The molecule has 1 aliphatic rings. The molecule has 0 saturated heterocycles. The van der Waals surface area contributed by atoms with Gasteiger partial charge in [0.25, 0.3) is 0 Å². The van der Waals surface area contributed by atoms with Crippen molar-refractivity contribution in [2.24, 2.45) is 0 Å². The first kappa shape index (κ1) is 13.9. The predicted molar refractivity (Wildman–Crippen MR) is 79.2 cm³/mol. The maximum Gasteiger partial charge on any atom is 0.127 e. The van der Waals surface area contributed by atoms with Gasteiger partial charge >= 0.3 is 0 Å². The van der Waals surface area contributed by atoms with Gasteiger partial charge in [0.2, 0.25) is 0 Å². The number of halogens is 1. The minimum absolute atomic E-state index is 0.282. The van der Waals surface area contributed by atoms with Crippen LogP contribution in [0, 0.1) is 6.92 Å². The lowest BCUT2D eigenvalue weighted by Crippen LogP contribution is -2.31. The van der Waals surface area contributed by atoms with Crippen molar-refractivity contribution in [3.05, 3.63) is 27.7 Å². The Bertz CT molecular complexity index is 419. The lowest BCUT2D eigenvalue weighted by molar-refractivity contribution is 0.177. The normalized spacial score (nSPS) is 21.8. The summed E-state index contributed by atoms with van der Waals surface area (Å²) in [6, 6.07) is 4.67. The Morgan fingerprint density at radius 3 is 2.72 bits per heavy atom. The molecule has 1 aromatic rings. The van der Waals surface area contributed by atoms with Crippen molar-refractivity contribution in [3.8, 4) is 5.75 Å². The molecule has 3 heteroatoms. The minimum Gasteiger partial charge on any atom is -0.488 e. The van der Waals surface area contributed by atoms with E-state index in [-0.39, 0.29) is 6.10 Å². The number of fused-ring (bicyclic) bond motifs is 1. The number of rotatable bonds is 5. The zero-order chi connectivity index (χ0) is 13.1. The molecule has 2 atom stereocenters. The molecule has 100 valence electrons. The van der Waals surface area contributed by atoms with Crippen LogP contribution in [0.4, 0.5) is 0 Å². The molecule has 0 bridgehead atoms. The number of aryl methyl sites for hydroxylation is 1. The third kappa shape index (κ3) is 2.72. The first-order valence-corrected chi connectivity index (χ1v) is 7.66. The van der Waals surface area contributed by atoms with Crippen molar-refractivity contribution in [2.45, 2.75) is 52.2 Å². The molecular weight excluding hydrogens is 290 g/mol. The molecule has 2 rings (SSSR count). The molecule has 0 aliphatic carbocycles. The number of hydrogen-bond donors (Lipinski definition) is 1. The number of ether oxygens (including phenoxy) is 1. The van der Waals surface area contributed by atoms with Gasteiger partial charge < -0.3 is 10.1 Å². The van der Waals surface area contributed by atoms with E-state index in [1.165, 1.54) is 11.1 Å². The molecule has 0 fully saturated rings. The van der Waals surface area contributed by atoms with Crippen LogP contribution in [0.15, 0.2) is 16.6 Å². The molecule has 1 aliphatic heterocycles. The van der Waals surface area contributed by atoms with Gasteiger partial charge in [0, 0.05) is 10.0 Å². The van der Waals surface area contributed by atoms with E-state index in [9.17, 15) is 0 Å². The third-order valence-corrected chi connectivity index (χ3v) is 3.89. The van der Waals surface area contributed by atoms with Crippen molar-refractivity contribution in [1.29, 1.82) is 0 Å². The van der Waals surface area contributed by atoms with Gasteiger partial charge in [-0.2, -0.15) is 0 Å². The highest BCUT2D eigenvalue weighted by Gasteiger charge is 2.34. The van der Waals surface area contributed by atoms with Gasteiger partial charge in [-0.3, -0.25) is 0 Å². The Kier molecular flexibility index (Phi) is 4.68. The van der Waals surface area contributed by atoms with E-state index in [2.05, 4.69) is 54.2 Å². The minimum atomic E-state index is 0.282. The number of benzene rings is 1. The van der Waals surface area contributed by atoms with Crippen molar-refractivity contribution in [2.75, 3.05) is 6.54 Å². The third-order valence-electron chi connectivity index (χ3n) is 3.43. The Morgan fingerprint density at radius 1 is 1.28 bits per heavy atom. The van der Waals surface area contributed by atoms with Crippen molar-refractivity contribution in [3.63, 3.8) is 0 Å². The smallest absolute Gasteiger partial charge is 0.127 e. The summed E-state index contributed by atoms with van der Waals surface area (Å²) in [5, 5.41) is 3.63. The van der Waals surface area contributed by atoms with E-state index in [0.717, 1.165) is 36.0 Å². The van der Waals surface area contributed by atoms with Gasteiger partial charge in [-0.1, -0.05) is 36.2 Å². The zero-order valence-corrected chi connectivity index (χ0v) is 13.0. The molecule has 0 saturated carbocycles. The standard InChI is InChI=1S/C15H22BrNO/c1-4-6-13-14(17-7-5-2)12-9-11(16)8-10(3)15(12)18-13/h8-9,13-14,17H,4-7H2,1-3H3. The Hall–Kier alpha value is -0.540. The summed E-state index contributed by atoms with van der Waals surface area (Å²) in [5.41, 5.74) is 2.54. The average Bonchev–Trinajstić information content (AvgIpc) is 2.65. The van der Waals surface area contributed by atoms with Crippen LogP contribution in [-0.2, 0) is 0 Å². The quantitative estimate of drug-likeness (QED) is 0.872.